The van der Waals surface area contributed by atoms with Crippen LogP contribution in [-0.2, 0) is 4.79 Å². The Labute approximate surface area is 190 Å². The molecule has 1 heterocycles. The first-order chi connectivity index (χ1) is 14.8. The Balaban J connectivity index is 1.66. The highest BCUT2D eigenvalue weighted by Gasteiger charge is 2.24. The van der Waals surface area contributed by atoms with Crippen LogP contribution < -0.4 is 10.6 Å². The van der Waals surface area contributed by atoms with Gasteiger partial charge in [0.05, 0.1) is 5.69 Å². The molecule has 0 aromatic heterocycles. The molecule has 2 aromatic rings. The van der Waals surface area contributed by atoms with Crippen LogP contribution in [0.25, 0.3) is 0 Å². The number of rotatable bonds is 7. The fraction of sp³-hybridized carbons (Fsp3) is 0.440. The topological polar surface area (TPSA) is 61.4 Å². The minimum absolute atomic E-state index is 0.115. The fourth-order valence-corrected chi connectivity index (χ4v) is 4.98. The highest BCUT2D eigenvalue weighted by Crippen LogP contribution is 2.34. The minimum Gasteiger partial charge on any atom is -0.351 e. The van der Waals surface area contributed by atoms with Crippen molar-refractivity contribution in [3.63, 3.8) is 0 Å². The molecule has 1 fully saturated rings. The molecule has 1 aliphatic rings. The number of piperidine rings is 1. The lowest BCUT2D eigenvalue weighted by atomic mass is 9.98. The summed E-state index contributed by atoms with van der Waals surface area (Å²) in [6, 6.07) is 14.8. The van der Waals surface area contributed by atoms with E-state index in [-0.39, 0.29) is 11.8 Å². The number of nitrogens with one attached hydrogen (secondary N) is 2. The molecule has 5 nitrogen and oxygen atoms in total. The molecule has 31 heavy (non-hydrogen) atoms. The summed E-state index contributed by atoms with van der Waals surface area (Å²) in [5.74, 6) is -0.271. The Morgan fingerprint density at radius 2 is 1.74 bits per heavy atom. The maximum absolute atomic E-state index is 12.7. The van der Waals surface area contributed by atoms with Crippen LogP contribution in [0.4, 0.5) is 5.69 Å². The minimum atomic E-state index is -0.156. The first-order valence-corrected chi connectivity index (χ1v) is 11.8. The van der Waals surface area contributed by atoms with Crippen LogP contribution in [0, 0.1) is 6.92 Å². The second-order valence-corrected chi connectivity index (χ2v) is 9.55. The van der Waals surface area contributed by atoms with Gasteiger partial charge in [-0.15, -0.1) is 0 Å². The second-order valence-electron chi connectivity index (χ2n) is 8.43. The smallest absolute Gasteiger partial charge is 0.251 e. The number of amides is 2. The second kappa shape index (κ2) is 10.8. The van der Waals surface area contributed by atoms with Crippen molar-refractivity contribution in [1.82, 2.24) is 10.2 Å². The van der Waals surface area contributed by atoms with Crippen LogP contribution in [0.1, 0.15) is 56.0 Å². The quantitative estimate of drug-likeness (QED) is 0.630. The number of carbonyl (C=O) groups excluding carboxylic acids is 2. The Kier molecular flexibility index (Phi) is 8.15. The van der Waals surface area contributed by atoms with Gasteiger partial charge in [0.1, 0.15) is 0 Å². The first-order valence-electron chi connectivity index (χ1n) is 11.0. The molecular formula is C25H33N3O2S. The highest BCUT2D eigenvalue weighted by molar-refractivity contribution is 7.99. The molecule has 0 bridgehead atoms. The van der Waals surface area contributed by atoms with E-state index < -0.39 is 0 Å². The molecule has 0 saturated carbocycles. The lowest BCUT2D eigenvalue weighted by Gasteiger charge is -2.39. The van der Waals surface area contributed by atoms with Gasteiger partial charge in [-0.1, -0.05) is 35.9 Å². The van der Waals surface area contributed by atoms with Crippen LogP contribution in [0.2, 0.25) is 0 Å². The van der Waals surface area contributed by atoms with Gasteiger partial charge in [0, 0.05) is 47.5 Å². The molecule has 0 spiro atoms. The van der Waals surface area contributed by atoms with Crippen LogP contribution in [0.5, 0.6) is 0 Å². The molecule has 3 rings (SSSR count). The third-order valence-electron chi connectivity index (χ3n) is 5.83. The van der Waals surface area contributed by atoms with E-state index in [1.807, 2.05) is 12.1 Å². The van der Waals surface area contributed by atoms with Gasteiger partial charge in [-0.3, -0.25) is 14.5 Å². The van der Waals surface area contributed by atoms with E-state index in [9.17, 15) is 9.59 Å². The van der Waals surface area contributed by atoms with E-state index in [4.69, 9.17) is 0 Å². The molecule has 0 radical (unpaired) electrons. The lowest BCUT2D eigenvalue weighted by Crippen LogP contribution is -2.47. The maximum Gasteiger partial charge on any atom is 0.251 e. The summed E-state index contributed by atoms with van der Waals surface area (Å²) < 4.78 is 0. The molecule has 0 aliphatic carbocycles. The summed E-state index contributed by atoms with van der Waals surface area (Å²) in [7, 11) is 0. The Hall–Kier alpha value is -2.31. The number of hydrogen-bond donors (Lipinski definition) is 2. The summed E-state index contributed by atoms with van der Waals surface area (Å²) >= 11 is 1.57. The fourth-order valence-electron chi connectivity index (χ4n) is 4.10. The largest absolute Gasteiger partial charge is 0.351 e. The maximum atomic E-state index is 12.7. The van der Waals surface area contributed by atoms with Crippen molar-refractivity contribution in [1.29, 1.82) is 0 Å². The van der Waals surface area contributed by atoms with Gasteiger partial charge in [0.2, 0.25) is 5.91 Å². The Bertz CT molecular complexity index is 903. The number of anilines is 1. The standard InChI is InChI=1S/C25H33N3O2S/c1-17-8-11-22(12-9-17)31-24-13-10-21(16-23(24)27-20(4)29)25(30)26-14-15-28-18(2)6-5-7-19(28)3/h8-13,16,18-19H,5-7,14-15H2,1-4H3,(H,26,30)(H,27,29)/t18-,19-/m1/s1. The van der Waals surface area contributed by atoms with Crippen LogP contribution in [0.3, 0.4) is 0 Å². The highest BCUT2D eigenvalue weighted by atomic mass is 32.2. The van der Waals surface area contributed by atoms with Gasteiger partial charge in [-0.05, 0) is 63.9 Å². The third kappa shape index (κ3) is 6.58. The summed E-state index contributed by atoms with van der Waals surface area (Å²) in [5.41, 5.74) is 2.41. The molecule has 2 aromatic carbocycles. The molecule has 166 valence electrons. The molecule has 2 amide bonds. The average molecular weight is 440 g/mol. The van der Waals surface area contributed by atoms with Crippen LogP contribution in [0.15, 0.2) is 52.3 Å². The predicted octanol–water partition coefficient (Wildman–Crippen LogP) is 5.10. The van der Waals surface area contributed by atoms with Gasteiger partial charge < -0.3 is 10.6 Å². The number of hydrogen-bond acceptors (Lipinski definition) is 4. The summed E-state index contributed by atoms with van der Waals surface area (Å²) in [5, 5.41) is 5.91. The lowest BCUT2D eigenvalue weighted by molar-refractivity contribution is -0.114. The van der Waals surface area contributed by atoms with Crippen molar-refractivity contribution >= 4 is 29.3 Å². The van der Waals surface area contributed by atoms with Gasteiger partial charge in [-0.25, -0.2) is 0 Å². The molecule has 2 atom stereocenters. The van der Waals surface area contributed by atoms with Gasteiger partial charge in [-0.2, -0.15) is 0 Å². The summed E-state index contributed by atoms with van der Waals surface area (Å²) in [4.78, 5) is 28.9. The molecule has 1 aliphatic heterocycles. The molecule has 2 N–H and O–H groups in total. The van der Waals surface area contributed by atoms with E-state index in [1.54, 1.807) is 17.8 Å². The predicted molar refractivity (Wildman–Crippen MR) is 128 cm³/mol. The normalized spacial score (nSPS) is 19.1. The monoisotopic (exact) mass is 439 g/mol. The molecular weight excluding hydrogens is 406 g/mol. The van der Waals surface area contributed by atoms with Crippen molar-refractivity contribution < 1.29 is 9.59 Å². The van der Waals surface area contributed by atoms with Crippen LogP contribution in [-0.4, -0.2) is 41.9 Å². The van der Waals surface area contributed by atoms with Gasteiger partial charge in [0.25, 0.3) is 5.91 Å². The summed E-state index contributed by atoms with van der Waals surface area (Å²) in [6.07, 6.45) is 3.72. The van der Waals surface area contributed by atoms with Gasteiger partial charge in [0.15, 0.2) is 0 Å². The van der Waals surface area contributed by atoms with Crippen molar-refractivity contribution in [2.75, 3.05) is 18.4 Å². The van der Waals surface area contributed by atoms with Crippen molar-refractivity contribution in [2.24, 2.45) is 0 Å². The van der Waals surface area contributed by atoms with Crippen molar-refractivity contribution in [3.05, 3.63) is 53.6 Å². The van der Waals surface area contributed by atoms with E-state index in [1.165, 1.54) is 31.7 Å². The number of benzene rings is 2. The zero-order chi connectivity index (χ0) is 22.4. The number of aryl methyl sites for hydroxylation is 1. The molecule has 1 saturated heterocycles. The van der Waals surface area contributed by atoms with E-state index >= 15 is 0 Å². The first kappa shape index (κ1) is 23.4. The zero-order valence-corrected chi connectivity index (χ0v) is 19.7. The number of carbonyl (C=O) groups is 2. The molecule has 0 unspecified atom stereocenters. The SMILES string of the molecule is CC(=O)Nc1cc(C(=O)NCCN2[C@H](C)CCC[C@H]2C)ccc1Sc1ccc(C)cc1. The van der Waals surface area contributed by atoms with Crippen molar-refractivity contribution in [2.45, 2.75) is 68.8 Å². The van der Waals surface area contributed by atoms with Crippen LogP contribution >= 0.6 is 11.8 Å². The van der Waals surface area contributed by atoms with Crippen molar-refractivity contribution in [3.8, 4) is 0 Å². The number of likely N-dealkylation sites (tertiary alicyclic amines) is 1. The Morgan fingerprint density at radius 3 is 2.39 bits per heavy atom. The number of nitrogens with zero attached hydrogens (tertiary/aromatic N) is 1. The van der Waals surface area contributed by atoms with E-state index in [2.05, 4.69) is 60.6 Å². The molecule has 6 heteroatoms. The van der Waals surface area contributed by atoms with E-state index in [0.717, 1.165) is 16.3 Å². The van der Waals surface area contributed by atoms with E-state index in [0.29, 0.717) is 29.9 Å². The van der Waals surface area contributed by atoms with Gasteiger partial charge >= 0.3 is 0 Å². The summed E-state index contributed by atoms with van der Waals surface area (Å²) in [6.45, 7) is 9.53. The average Bonchev–Trinajstić information content (AvgIpc) is 2.72. The third-order valence-corrected chi connectivity index (χ3v) is 6.92. The Morgan fingerprint density at radius 1 is 1.06 bits per heavy atom. The zero-order valence-electron chi connectivity index (χ0n) is 18.9.